The molecule has 1 aromatic carbocycles. The number of fused-ring (bicyclic) bond motifs is 1. The van der Waals surface area contributed by atoms with Gasteiger partial charge in [0.1, 0.15) is 5.75 Å². The fourth-order valence-electron chi connectivity index (χ4n) is 1.32. The molecule has 0 N–H and O–H groups in total. The van der Waals surface area contributed by atoms with E-state index in [4.69, 9.17) is 4.74 Å². The summed E-state index contributed by atoms with van der Waals surface area (Å²) in [7, 11) is 1.49. The molecule has 0 radical (unpaired) electrons. The summed E-state index contributed by atoms with van der Waals surface area (Å²) in [5.74, 6) is 0.575. The minimum atomic E-state index is -4.90. The van der Waals surface area contributed by atoms with Gasteiger partial charge >= 0.3 is 6.98 Å². The molecule has 0 saturated carbocycles. The number of halogens is 3. The van der Waals surface area contributed by atoms with E-state index >= 15 is 0 Å². The van der Waals surface area contributed by atoms with Gasteiger partial charge in [0, 0.05) is 4.70 Å². The number of thiophene rings is 1. The third-order valence-electron chi connectivity index (χ3n) is 2.07. The van der Waals surface area contributed by atoms with Gasteiger partial charge in [-0.3, -0.25) is 0 Å². The van der Waals surface area contributed by atoms with Crippen molar-refractivity contribution in [3.05, 3.63) is 24.3 Å². The van der Waals surface area contributed by atoms with Crippen LogP contribution in [0.4, 0.5) is 12.9 Å². The zero-order valence-corrected chi connectivity index (χ0v) is 8.65. The van der Waals surface area contributed by atoms with Gasteiger partial charge in [0.05, 0.1) is 7.11 Å². The Kier molecular flexibility index (Phi) is 2.38. The van der Waals surface area contributed by atoms with Crippen molar-refractivity contribution < 1.29 is 17.7 Å². The monoisotopic (exact) mass is 231 g/mol. The van der Waals surface area contributed by atoms with E-state index in [0.29, 0.717) is 15.8 Å². The molecule has 0 unspecified atom stereocenters. The van der Waals surface area contributed by atoms with E-state index < -0.39 is 11.8 Å². The molecule has 1 aromatic heterocycles. The molecule has 0 aliphatic heterocycles. The molecule has 0 atom stereocenters. The van der Waals surface area contributed by atoms with Gasteiger partial charge in [-0.2, -0.15) is 11.3 Å². The van der Waals surface area contributed by atoms with Gasteiger partial charge in [0.2, 0.25) is 0 Å². The first-order chi connectivity index (χ1) is 7.00. The maximum Gasteiger partial charge on any atom is 0.519 e. The third-order valence-corrected chi connectivity index (χ3v) is 3.26. The first kappa shape index (κ1) is 10.4. The molecule has 0 spiro atoms. The molecule has 1 nitrogen and oxygen atoms in total. The Morgan fingerprint density at radius 3 is 2.53 bits per heavy atom. The van der Waals surface area contributed by atoms with E-state index in [0.717, 1.165) is 11.3 Å². The van der Waals surface area contributed by atoms with Crippen LogP contribution < -0.4 is 9.51 Å². The summed E-state index contributed by atoms with van der Waals surface area (Å²) in [6, 6.07) is 6.09. The summed E-state index contributed by atoms with van der Waals surface area (Å²) in [5.41, 5.74) is 0. The lowest BCUT2D eigenvalue weighted by molar-refractivity contribution is 0.415. The Hall–Kier alpha value is -1.17. The van der Waals surface area contributed by atoms with Gasteiger partial charge in [-0.15, -0.1) is 0 Å². The van der Waals surface area contributed by atoms with Gasteiger partial charge < -0.3 is 17.7 Å². The van der Waals surface area contributed by atoms with Gasteiger partial charge in [-0.25, -0.2) is 0 Å². The number of ether oxygens (including phenoxy) is 1. The molecule has 0 aliphatic rings. The normalized spacial score (nSPS) is 12.0. The predicted octanol–water partition coefficient (Wildman–Crippen LogP) is 2.96. The van der Waals surface area contributed by atoms with Crippen molar-refractivity contribution in [2.24, 2.45) is 0 Å². The molecule has 1 heterocycles. The second kappa shape index (κ2) is 3.45. The van der Waals surface area contributed by atoms with E-state index in [1.807, 2.05) is 0 Å². The van der Waals surface area contributed by atoms with Crippen molar-refractivity contribution >= 4 is 33.2 Å². The van der Waals surface area contributed by atoms with Crippen LogP contribution in [-0.4, -0.2) is 14.1 Å². The van der Waals surface area contributed by atoms with Crippen LogP contribution in [0.2, 0.25) is 0 Å². The van der Waals surface area contributed by atoms with Crippen LogP contribution in [0, 0.1) is 0 Å². The Balaban J connectivity index is 2.56. The van der Waals surface area contributed by atoms with Crippen molar-refractivity contribution in [2.45, 2.75) is 0 Å². The van der Waals surface area contributed by atoms with E-state index in [9.17, 15) is 12.9 Å². The standard InChI is InChI=1S/C9H7BF3OS/c1-14-7-3-2-6-4-9(10(11,12)13)15-8(6)5-7/h2-5H,1H3/q-1. The largest absolute Gasteiger partial charge is 0.519 e. The Morgan fingerprint density at radius 2 is 1.93 bits per heavy atom. The highest BCUT2D eigenvalue weighted by Gasteiger charge is 2.27. The Morgan fingerprint density at radius 1 is 1.20 bits per heavy atom. The number of hydrogen-bond donors (Lipinski definition) is 0. The highest BCUT2D eigenvalue weighted by molar-refractivity contribution is 7.29. The molecule has 2 aromatic rings. The minimum absolute atomic E-state index is 0.516. The number of rotatable bonds is 2. The molecule has 0 amide bonds. The number of methoxy groups -OCH3 is 1. The molecule has 15 heavy (non-hydrogen) atoms. The van der Waals surface area contributed by atoms with E-state index in [1.165, 1.54) is 13.2 Å². The fraction of sp³-hybridized carbons (Fsp3) is 0.111. The van der Waals surface area contributed by atoms with Crippen LogP contribution in [-0.2, 0) is 0 Å². The topological polar surface area (TPSA) is 9.23 Å². The second-order valence-electron chi connectivity index (χ2n) is 3.13. The SMILES string of the molecule is COc1ccc2cc([B-](F)(F)F)sc2c1. The van der Waals surface area contributed by atoms with Crippen molar-refractivity contribution in [3.8, 4) is 5.75 Å². The van der Waals surface area contributed by atoms with Crippen LogP contribution in [0.15, 0.2) is 24.3 Å². The first-order valence-corrected chi connectivity index (χ1v) is 5.10. The first-order valence-electron chi connectivity index (χ1n) is 4.28. The van der Waals surface area contributed by atoms with E-state index in [2.05, 4.69) is 0 Å². The van der Waals surface area contributed by atoms with Crippen molar-refractivity contribution in [1.82, 2.24) is 0 Å². The van der Waals surface area contributed by atoms with Crippen LogP contribution >= 0.6 is 11.3 Å². The smallest absolute Gasteiger partial charge is 0.497 e. The fourth-order valence-corrected chi connectivity index (χ4v) is 2.31. The molecule has 0 aliphatic carbocycles. The number of hydrogen-bond acceptors (Lipinski definition) is 2. The van der Waals surface area contributed by atoms with Crippen LogP contribution in [0.1, 0.15) is 0 Å². The maximum atomic E-state index is 12.5. The lowest BCUT2D eigenvalue weighted by atomic mass is 9.89. The summed E-state index contributed by atoms with van der Waals surface area (Å²) in [5, 5.41) is 0.606. The molecule has 0 saturated heterocycles. The van der Waals surface area contributed by atoms with Crippen molar-refractivity contribution in [1.29, 1.82) is 0 Å². The van der Waals surface area contributed by atoms with Gasteiger partial charge in [0.25, 0.3) is 0 Å². The Labute approximate surface area is 88.5 Å². The van der Waals surface area contributed by atoms with Crippen LogP contribution in [0.25, 0.3) is 10.1 Å². The van der Waals surface area contributed by atoms with Crippen LogP contribution in [0.3, 0.4) is 0 Å². The average Bonchev–Trinajstić information content (AvgIpc) is 2.59. The zero-order valence-electron chi connectivity index (χ0n) is 7.84. The summed E-state index contributed by atoms with van der Waals surface area (Å²) in [6.07, 6.45) is 0. The third kappa shape index (κ3) is 1.94. The van der Waals surface area contributed by atoms with E-state index in [1.54, 1.807) is 18.2 Å². The average molecular weight is 231 g/mol. The molecular weight excluding hydrogens is 224 g/mol. The van der Waals surface area contributed by atoms with Gasteiger partial charge in [-0.05, 0) is 23.6 Å². The summed E-state index contributed by atoms with van der Waals surface area (Å²) < 4.78 is 42.4. The van der Waals surface area contributed by atoms with E-state index in [-0.39, 0.29) is 0 Å². The molecule has 6 heteroatoms. The molecule has 0 fully saturated rings. The quantitative estimate of drug-likeness (QED) is 0.722. The summed E-state index contributed by atoms with van der Waals surface area (Å²) in [6.45, 7) is -4.90. The molecule has 80 valence electrons. The highest BCUT2D eigenvalue weighted by Crippen LogP contribution is 2.27. The van der Waals surface area contributed by atoms with Crippen LogP contribution in [0.5, 0.6) is 5.75 Å². The summed E-state index contributed by atoms with van der Waals surface area (Å²) in [4.78, 5) is 0. The lowest BCUT2D eigenvalue weighted by Crippen LogP contribution is -2.30. The summed E-state index contributed by atoms with van der Waals surface area (Å²) >= 11 is 0.757. The molecular formula is C9H7BF3OS-. The molecule has 2 rings (SSSR count). The highest BCUT2D eigenvalue weighted by atomic mass is 32.1. The second-order valence-corrected chi connectivity index (χ2v) is 4.24. The maximum absolute atomic E-state index is 12.5. The van der Waals surface area contributed by atoms with Crippen molar-refractivity contribution in [2.75, 3.05) is 7.11 Å². The predicted molar refractivity (Wildman–Crippen MR) is 57.1 cm³/mol. The number of benzene rings is 1. The van der Waals surface area contributed by atoms with Gasteiger partial charge in [0.15, 0.2) is 0 Å². The van der Waals surface area contributed by atoms with Gasteiger partial charge in [-0.1, -0.05) is 10.8 Å². The molecule has 0 bridgehead atoms. The minimum Gasteiger partial charge on any atom is -0.497 e. The van der Waals surface area contributed by atoms with Crippen molar-refractivity contribution in [3.63, 3.8) is 0 Å². The zero-order chi connectivity index (χ0) is 11.1. The lowest BCUT2D eigenvalue weighted by Gasteiger charge is -2.09. The Bertz CT molecular complexity index is 492.